The second-order valence-electron chi connectivity index (χ2n) is 7.04. The number of carbonyl (C=O) groups excluding carboxylic acids is 2. The fourth-order valence-corrected chi connectivity index (χ4v) is 4.73. The predicted octanol–water partition coefficient (Wildman–Crippen LogP) is 5.13. The van der Waals surface area contributed by atoms with E-state index in [0.29, 0.717) is 21.8 Å². The predicted molar refractivity (Wildman–Crippen MR) is 128 cm³/mol. The Bertz CT molecular complexity index is 1230. The summed E-state index contributed by atoms with van der Waals surface area (Å²) in [6.07, 6.45) is 0. The molecule has 3 rings (SSSR count). The van der Waals surface area contributed by atoms with E-state index in [1.165, 1.54) is 19.1 Å². The van der Waals surface area contributed by atoms with Crippen LogP contribution < -0.4 is 5.32 Å². The molecule has 0 atom stereocenters. The second-order valence-corrected chi connectivity index (χ2v) is 10.3. The zero-order valence-corrected chi connectivity index (χ0v) is 20.2. The van der Waals surface area contributed by atoms with Crippen molar-refractivity contribution < 1.29 is 18.0 Å². The molecule has 0 saturated carbocycles. The summed E-state index contributed by atoms with van der Waals surface area (Å²) in [5.41, 5.74) is 1.54. The van der Waals surface area contributed by atoms with Crippen LogP contribution in [0.4, 0.5) is 5.69 Å². The standard InChI is InChI=1S/C23H20BrClN2O4S/c1-16(28)18-3-2-4-21(13-18)26-23(29)15-27(14-17-5-9-20(25)10-6-17)32(30,31)22-11-7-19(24)8-12-22/h2-13H,14-15H2,1H3,(H,26,29). The number of amides is 1. The molecule has 32 heavy (non-hydrogen) atoms. The zero-order chi connectivity index (χ0) is 23.3. The fourth-order valence-electron chi connectivity index (χ4n) is 2.95. The van der Waals surface area contributed by atoms with Crippen LogP contribution in [0.1, 0.15) is 22.8 Å². The molecule has 0 radical (unpaired) electrons. The Hall–Kier alpha value is -2.52. The molecule has 1 N–H and O–H groups in total. The van der Waals surface area contributed by atoms with Gasteiger partial charge in [0.05, 0.1) is 11.4 Å². The van der Waals surface area contributed by atoms with Gasteiger partial charge in [0, 0.05) is 27.3 Å². The largest absolute Gasteiger partial charge is 0.325 e. The number of hydrogen-bond acceptors (Lipinski definition) is 4. The minimum Gasteiger partial charge on any atom is -0.325 e. The molecule has 6 nitrogen and oxygen atoms in total. The van der Waals surface area contributed by atoms with Gasteiger partial charge in [0.15, 0.2) is 5.78 Å². The number of carbonyl (C=O) groups is 2. The van der Waals surface area contributed by atoms with Crippen molar-refractivity contribution in [3.8, 4) is 0 Å². The number of sulfonamides is 1. The van der Waals surface area contributed by atoms with Crippen molar-refractivity contribution in [2.24, 2.45) is 0 Å². The van der Waals surface area contributed by atoms with E-state index in [1.54, 1.807) is 60.7 Å². The van der Waals surface area contributed by atoms with E-state index in [1.807, 2.05) is 0 Å². The first-order valence-corrected chi connectivity index (χ1v) is 12.2. The number of ketones is 1. The molecule has 3 aromatic carbocycles. The van der Waals surface area contributed by atoms with Crippen molar-refractivity contribution >= 4 is 54.9 Å². The Balaban J connectivity index is 1.87. The summed E-state index contributed by atoms with van der Waals surface area (Å²) in [6, 6.07) is 19.4. The molecule has 0 aliphatic carbocycles. The fraction of sp³-hybridized carbons (Fsp3) is 0.130. The lowest BCUT2D eigenvalue weighted by atomic mass is 10.1. The van der Waals surface area contributed by atoms with Gasteiger partial charge < -0.3 is 5.32 Å². The van der Waals surface area contributed by atoms with Gasteiger partial charge in [0.1, 0.15) is 0 Å². The first kappa shape index (κ1) is 24.1. The quantitative estimate of drug-likeness (QED) is 0.405. The van der Waals surface area contributed by atoms with Crippen LogP contribution >= 0.6 is 27.5 Å². The number of benzene rings is 3. The third-order valence-electron chi connectivity index (χ3n) is 4.60. The van der Waals surface area contributed by atoms with Crippen LogP contribution in [-0.2, 0) is 21.4 Å². The van der Waals surface area contributed by atoms with Crippen molar-refractivity contribution in [2.75, 3.05) is 11.9 Å². The number of nitrogens with zero attached hydrogens (tertiary/aromatic N) is 1. The molecule has 166 valence electrons. The molecular weight excluding hydrogens is 516 g/mol. The summed E-state index contributed by atoms with van der Waals surface area (Å²) >= 11 is 9.23. The van der Waals surface area contributed by atoms with Gasteiger partial charge in [0.2, 0.25) is 15.9 Å². The monoisotopic (exact) mass is 534 g/mol. The molecule has 9 heteroatoms. The Kier molecular flexibility index (Phi) is 7.84. The summed E-state index contributed by atoms with van der Waals surface area (Å²) in [5.74, 6) is -0.663. The van der Waals surface area contributed by atoms with Gasteiger partial charge in [-0.1, -0.05) is 51.8 Å². The van der Waals surface area contributed by atoms with Crippen LogP contribution in [0.3, 0.4) is 0 Å². The van der Waals surface area contributed by atoms with E-state index < -0.39 is 22.5 Å². The molecule has 0 aromatic heterocycles. The normalized spacial score (nSPS) is 11.4. The lowest BCUT2D eigenvalue weighted by Crippen LogP contribution is -2.37. The molecule has 0 spiro atoms. The van der Waals surface area contributed by atoms with Gasteiger partial charge in [0.25, 0.3) is 0 Å². The lowest BCUT2D eigenvalue weighted by molar-refractivity contribution is -0.116. The highest BCUT2D eigenvalue weighted by molar-refractivity contribution is 9.10. The highest BCUT2D eigenvalue weighted by atomic mass is 79.9. The summed E-state index contributed by atoms with van der Waals surface area (Å²) in [5, 5.41) is 3.20. The van der Waals surface area contributed by atoms with Crippen LogP contribution in [0.2, 0.25) is 5.02 Å². The van der Waals surface area contributed by atoms with E-state index in [0.717, 1.165) is 8.78 Å². The first-order valence-electron chi connectivity index (χ1n) is 9.56. The molecule has 0 heterocycles. The molecular formula is C23H20BrClN2O4S. The average Bonchev–Trinajstić information content (AvgIpc) is 2.75. The highest BCUT2D eigenvalue weighted by Crippen LogP contribution is 2.22. The minimum absolute atomic E-state index is 0.0174. The van der Waals surface area contributed by atoms with Crippen LogP contribution in [0.25, 0.3) is 0 Å². The summed E-state index contributed by atoms with van der Waals surface area (Å²) in [6.45, 7) is 1.00. The van der Waals surface area contributed by atoms with Crippen molar-refractivity contribution in [2.45, 2.75) is 18.4 Å². The third-order valence-corrected chi connectivity index (χ3v) is 7.18. The van der Waals surface area contributed by atoms with Crippen LogP contribution in [0.5, 0.6) is 0 Å². The van der Waals surface area contributed by atoms with E-state index >= 15 is 0 Å². The van der Waals surface area contributed by atoms with Gasteiger partial charge >= 0.3 is 0 Å². The van der Waals surface area contributed by atoms with Crippen molar-refractivity contribution in [1.29, 1.82) is 0 Å². The number of hydrogen-bond donors (Lipinski definition) is 1. The first-order chi connectivity index (χ1) is 15.1. The number of nitrogens with one attached hydrogen (secondary N) is 1. The Morgan fingerprint density at radius 2 is 1.66 bits per heavy atom. The van der Waals surface area contributed by atoms with Crippen molar-refractivity contribution in [3.63, 3.8) is 0 Å². The van der Waals surface area contributed by atoms with Gasteiger partial charge in [-0.2, -0.15) is 4.31 Å². The number of halogens is 2. The Morgan fingerprint density at radius 3 is 2.28 bits per heavy atom. The second kappa shape index (κ2) is 10.4. The molecule has 0 aliphatic rings. The minimum atomic E-state index is -3.97. The summed E-state index contributed by atoms with van der Waals surface area (Å²) in [4.78, 5) is 24.4. The van der Waals surface area contributed by atoms with Crippen molar-refractivity contribution in [3.05, 3.63) is 93.4 Å². The van der Waals surface area contributed by atoms with E-state index in [-0.39, 0.29) is 17.2 Å². The van der Waals surface area contributed by atoms with Crippen molar-refractivity contribution in [1.82, 2.24) is 4.31 Å². The topological polar surface area (TPSA) is 83.6 Å². The van der Waals surface area contributed by atoms with Crippen LogP contribution in [0.15, 0.2) is 82.2 Å². The molecule has 3 aromatic rings. The maximum atomic E-state index is 13.3. The average molecular weight is 536 g/mol. The zero-order valence-electron chi connectivity index (χ0n) is 17.1. The Morgan fingerprint density at radius 1 is 1.00 bits per heavy atom. The van der Waals surface area contributed by atoms with Crippen LogP contribution in [0, 0.1) is 0 Å². The Labute approximate surface area is 200 Å². The molecule has 0 saturated heterocycles. The number of rotatable bonds is 8. The summed E-state index contributed by atoms with van der Waals surface area (Å²) in [7, 11) is -3.97. The molecule has 0 unspecified atom stereocenters. The van der Waals surface area contributed by atoms with Gasteiger partial charge in [-0.3, -0.25) is 9.59 Å². The smallest absolute Gasteiger partial charge is 0.243 e. The van der Waals surface area contributed by atoms with Gasteiger partial charge in [-0.25, -0.2) is 8.42 Å². The van der Waals surface area contributed by atoms with E-state index in [4.69, 9.17) is 11.6 Å². The SMILES string of the molecule is CC(=O)c1cccc(NC(=O)CN(Cc2ccc(Cl)cc2)S(=O)(=O)c2ccc(Br)cc2)c1. The van der Waals surface area contributed by atoms with Gasteiger partial charge in [-0.05, 0) is 61.0 Å². The lowest BCUT2D eigenvalue weighted by Gasteiger charge is -2.22. The number of Topliss-reactive ketones (excluding diaryl/α,β-unsaturated/α-hetero) is 1. The highest BCUT2D eigenvalue weighted by Gasteiger charge is 2.27. The maximum Gasteiger partial charge on any atom is 0.243 e. The third kappa shape index (κ3) is 6.26. The van der Waals surface area contributed by atoms with E-state index in [9.17, 15) is 18.0 Å². The molecule has 0 fully saturated rings. The van der Waals surface area contributed by atoms with Crippen LogP contribution in [-0.4, -0.2) is 31.0 Å². The molecule has 0 bridgehead atoms. The summed E-state index contributed by atoms with van der Waals surface area (Å²) < 4.78 is 28.5. The molecule has 0 aliphatic heterocycles. The van der Waals surface area contributed by atoms with E-state index in [2.05, 4.69) is 21.2 Å². The molecule has 1 amide bonds. The maximum absolute atomic E-state index is 13.3. The van der Waals surface area contributed by atoms with Gasteiger partial charge in [-0.15, -0.1) is 0 Å². The number of anilines is 1.